The van der Waals surface area contributed by atoms with Crippen LogP contribution in [0.15, 0.2) is 53.6 Å². The first-order chi connectivity index (χ1) is 12.2. The van der Waals surface area contributed by atoms with E-state index in [1.165, 1.54) is 11.3 Å². The third-order valence-corrected chi connectivity index (χ3v) is 4.52. The lowest BCUT2D eigenvalue weighted by molar-refractivity contribution is -0.119. The van der Waals surface area contributed by atoms with Gasteiger partial charge in [-0.2, -0.15) is 5.10 Å². The SMILES string of the molecule is COc1cccc(/C(C)=N\NC(=O)CNc2nc3ccccc3s2)c1. The first-order valence-electron chi connectivity index (χ1n) is 7.72. The van der Waals surface area contributed by atoms with Gasteiger partial charge in [-0.25, -0.2) is 10.4 Å². The Morgan fingerprint density at radius 3 is 2.88 bits per heavy atom. The van der Waals surface area contributed by atoms with Crippen LogP contribution in [0, 0.1) is 0 Å². The van der Waals surface area contributed by atoms with E-state index in [1.807, 2.05) is 55.5 Å². The minimum atomic E-state index is -0.235. The van der Waals surface area contributed by atoms with Crippen LogP contribution < -0.4 is 15.5 Å². The number of benzene rings is 2. The van der Waals surface area contributed by atoms with Crippen molar-refractivity contribution in [1.82, 2.24) is 10.4 Å². The van der Waals surface area contributed by atoms with Gasteiger partial charge in [-0.1, -0.05) is 35.6 Å². The second kappa shape index (κ2) is 7.76. The number of rotatable bonds is 6. The predicted octanol–water partition coefficient (Wildman–Crippen LogP) is 3.26. The summed E-state index contributed by atoms with van der Waals surface area (Å²) in [5.41, 5.74) is 5.05. The van der Waals surface area contributed by atoms with Crippen LogP contribution in [0.1, 0.15) is 12.5 Å². The number of carbonyl (C=O) groups is 1. The monoisotopic (exact) mass is 354 g/mol. The van der Waals surface area contributed by atoms with E-state index < -0.39 is 0 Å². The predicted molar refractivity (Wildman–Crippen MR) is 101 cm³/mol. The molecule has 0 bridgehead atoms. The summed E-state index contributed by atoms with van der Waals surface area (Å²) in [6.07, 6.45) is 0. The molecular weight excluding hydrogens is 336 g/mol. The summed E-state index contributed by atoms with van der Waals surface area (Å²) in [5.74, 6) is 0.511. The summed E-state index contributed by atoms with van der Waals surface area (Å²) in [7, 11) is 1.61. The van der Waals surface area contributed by atoms with Gasteiger partial charge in [0.1, 0.15) is 5.75 Å². The van der Waals surface area contributed by atoms with E-state index in [9.17, 15) is 4.79 Å². The van der Waals surface area contributed by atoms with Crippen LogP contribution in [0.25, 0.3) is 10.2 Å². The van der Waals surface area contributed by atoms with E-state index in [-0.39, 0.29) is 12.5 Å². The van der Waals surface area contributed by atoms with Crippen LogP contribution in [0.3, 0.4) is 0 Å². The fraction of sp³-hybridized carbons (Fsp3) is 0.167. The minimum absolute atomic E-state index is 0.106. The molecule has 2 N–H and O–H groups in total. The van der Waals surface area contributed by atoms with Crippen LogP contribution in [-0.4, -0.2) is 30.3 Å². The molecule has 1 heterocycles. The summed E-state index contributed by atoms with van der Waals surface area (Å²) in [5, 5.41) is 7.86. The average molecular weight is 354 g/mol. The lowest BCUT2D eigenvalue weighted by Gasteiger charge is -2.05. The lowest BCUT2D eigenvalue weighted by Crippen LogP contribution is -2.26. The van der Waals surface area contributed by atoms with Gasteiger partial charge in [0.2, 0.25) is 0 Å². The molecule has 0 fully saturated rings. The number of amides is 1. The first kappa shape index (κ1) is 16.9. The molecule has 0 saturated carbocycles. The van der Waals surface area contributed by atoms with Crippen molar-refractivity contribution in [1.29, 1.82) is 0 Å². The Hall–Kier alpha value is -2.93. The van der Waals surface area contributed by atoms with Crippen LogP contribution >= 0.6 is 11.3 Å². The zero-order valence-electron chi connectivity index (χ0n) is 13.9. The number of nitrogens with one attached hydrogen (secondary N) is 2. The number of aromatic nitrogens is 1. The highest BCUT2D eigenvalue weighted by Gasteiger charge is 2.06. The number of carbonyl (C=O) groups excluding carboxylic acids is 1. The third-order valence-electron chi connectivity index (χ3n) is 3.53. The fourth-order valence-electron chi connectivity index (χ4n) is 2.20. The number of para-hydroxylation sites is 1. The van der Waals surface area contributed by atoms with Gasteiger partial charge >= 0.3 is 0 Å². The minimum Gasteiger partial charge on any atom is -0.497 e. The summed E-state index contributed by atoms with van der Waals surface area (Å²) < 4.78 is 6.27. The molecule has 0 radical (unpaired) electrons. The highest BCUT2D eigenvalue weighted by Crippen LogP contribution is 2.24. The molecule has 128 valence electrons. The number of nitrogens with zero attached hydrogens (tertiary/aromatic N) is 2. The van der Waals surface area contributed by atoms with Crippen LogP contribution in [0.5, 0.6) is 5.75 Å². The van der Waals surface area contributed by atoms with Crippen molar-refractivity contribution in [3.8, 4) is 5.75 Å². The van der Waals surface area contributed by atoms with Crippen LogP contribution in [0.2, 0.25) is 0 Å². The summed E-state index contributed by atoms with van der Waals surface area (Å²) in [6, 6.07) is 15.4. The molecule has 0 aliphatic rings. The molecule has 0 aliphatic heterocycles. The molecule has 3 aromatic rings. The molecule has 0 aliphatic carbocycles. The Morgan fingerprint density at radius 1 is 1.24 bits per heavy atom. The molecule has 25 heavy (non-hydrogen) atoms. The van der Waals surface area contributed by atoms with Gasteiger partial charge in [0, 0.05) is 5.56 Å². The van der Waals surface area contributed by atoms with Crippen LogP contribution in [0.4, 0.5) is 5.13 Å². The third kappa shape index (κ3) is 4.33. The first-order valence-corrected chi connectivity index (χ1v) is 8.54. The van der Waals surface area contributed by atoms with Crippen molar-refractivity contribution >= 4 is 38.3 Å². The largest absolute Gasteiger partial charge is 0.497 e. The molecule has 0 saturated heterocycles. The number of thiazole rings is 1. The smallest absolute Gasteiger partial charge is 0.259 e. The summed E-state index contributed by atoms with van der Waals surface area (Å²) in [6.45, 7) is 1.94. The number of methoxy groups -OCH3 is 1. The van der Waals surface area contributed by atoms with Gasteiger partial charge in [-0.15, -0.1) is 0 Å². The second-order valence-corrected chi connectivity index (χ2v) is 6.34. The molecule has 1 amide bonds. The maximum atomic E-state index is 12.0. The van der Waals surface area contributed by atoms with E-state index in [2.05, 4.69) is 20.8 Å². The van der Waals surface area contributed by atoms with Gasteiger partial charge in [0.25, 0.3) is 5.91 Å². The summed E-state index contributed by atoms with van der Waals surface area (Å²) >= 11 is 1.51. The number of ether oxygens (including phenoxy) is 1. The van der Waals surface area contributed by atoms with E-state index in [4.69, 9.17) is 4.74 Å². The number of anilines is 1. The zero-order valence-corrected chi connectivity index (χ0v) is 14.8. The standard InChI is InChI=1S/C18H18N4O2S/c1-12(13-6-5-7-14(10-13)24-2)21-22-17(23)11-19-18-20-15-8-3-4-9-16(15)25-18/h3-10H,11H2,1-2H3,(H,19,20)(H,22,23)/b21-12-. The number of hydrogen-bond acceptors (Lipinski definition) is 6. The highest BCUT2D eigenvalue weighted by molar-refractivity contribution is 7.22. The normalized spacial score (nSPS) is 11.4. The number of hydrogen-bond donors (Lipinski definition) is 2. The Kier molecular flexibility index (Phi) is 5.25. The topological polar surface area (TPSA) is 75.6 Å². The Balaban J connectivity index is 1.56. The molecule has 0 spiro atoms. The van der Waals surface area contributed by atoms with Crippen molar-refractivity contribution in [2.24, 2.45) is 5.10 Å². The quantitative estimate of drug-likeness (QED) is 0.526. The lowest BCUT2D eigenvalue weighted by atomic mass is 10.1. The van der Waals surface area contributed by atoms with Crippen molar-refractivity contribution < 1.29 is 9.53 Å². The molecule has 0 atom stereocenters. The number of fused-ring (bicyclic) bond motifs is 1. The van der Waals surface area contributed by atoms with E-state index in [1.54, 1.807) is 7.11 Å². The van der Waals surface area contributed by atoms with Gasteiger partial charge < -0.3 is 10.1 Å². The Morgan fingerprint density at radius 2 is 2.08 bits per heavy atom. The van der Waals surface area contributed by atoms with Crippen molar-refractivity contribution in [3.05, 3.63) is 54.1 Å². The van der Waals surface area contributed by atoms with Crippen molar-refractivity contribution in [3.63, 3.8) is 0 Å². The zero-order chi connectivity index (χ0) is 17.6. The fourth-order valence-corrected chi connectivity index (χ4v) is 3.06. The average Bonchev–Trinajstić information content (AvgIpc) is 3.07. The van der Waals surface area contributed by atoms with E-state index in [0.717, 1.165) is 21.5 Å². The number of hydrazone groups is 1. The van der Waals surface area contributed by atoms with E-state index >= 15 is 0 Å². The van der Waals surface area contributed by atoms with Crippen LogP contribution in [-0.2, 0) is 4.79 Å². The molecule has 1 aromatic heterocycles. The Bertz CT molecular complexity index is 887. The summed E-state index contributed by atoms with van der Waals surface area (Å²) in [4.78, 5) is 16.4. The van der Waals surface area contributed by atoms with Crippen molar-refractivity contribution in [2.75, 3.05) is 19.0 Å². The molecule has 7 heteroatoms. The highest BCUT2D eigenvalue weighted by atomic mass is 32.1. The molecule has 6 nitrogen and oxygen atoms in total. The van der Waals surface area contributed by atoms with E-state index in [0.29, 0.717) is 10.8 Å². The maximum absolute atomic E-state index is 12.0. The van der Waals surface area contributed by atoms with Crippen molar-refractivity contribution in [2.45, 2.75) is 6.92 Å². The van der Waals surface area contributed by atoms with Gasteiger partial charge in [0.15, 0.2) is 5.13 Å². The molecule has 2 aromatic carbocycles. The molecule has 3 rings (SSSR count). The van der Waals surface area contributed by atoms with Gasteiger partial charge in [-0.3, -0.25) is 4.79 Å². The van der Waals surface area contributed by atoms with Gasteiger partial charge in [0.05, 0.1) is 29.6 Å². The second-order valence-electron chi connectivity index (χ2n) is 5.30. The molecule has 0 unspecified atom stereocenters. The molecular formula is C18H18N4O2S. The Labute approximate surface area is 149 Å². The maximum Gasteiger partial charge on any atom is 0.259 e. The van der Waals surface area contributed by atoms with Gasteiger partial charge in [-0.05, 0) is 31.2 Å².